The molecule has 0 saturated heterocycles. The zero-order valence-corrected chi connectivity index (χ0v) is 14.3. The number of hydrogen-bond acceptors (Lipinski definition) is 5. The summed E-state index contributed by atoms with van der Waals surface area (Å²) in [4.78, 5) is 36.6. The average Bonchev–Trinajstić information content (AvgIpc) is 3.17. The highest BCUT2D eigenvalue weighted by Gasteiger charge is 2.22. The Hall–Kier alpha value is -3.26. The molecule has 1 aromatic carbocycles. The van der Waals surface area contributed by atoms with E-state index < -0.39 is 23.5 Å². The molecule has 3 rings (SSSR count). The molecule has 0 aliphatic carbocycles. The number of rotatable bonds is 6. The smallest absolute Gasteiger partial charge is 0.330 e. The molecule has 26 heavy (non-hydrogen) atoms. The summed E-state index contributed by atoms with van der Waals surface area (Å²) >= 11 is 1.47. The van der Waals surface area contributed by atoms with Crippen LogP contribution in [-0.2, 0) is 16.1 Å². The molecule has 0 aliphatic rings. The molecule has 3 aromatic rings. The van der Waals surface area contributed by atoms with Crippen LogP contribution in [0, 0.1) is 0 Å². The molecule has 132 valence electrons. The van der Waals surface area contributed by atoms with Crippen molar-refractivity contribution in [2.75, 3.05) is 0 Å². The Labute approximate surface area is 152 Å². The average molecular weight is 369 g/mol. The summed E-state index contributed by atoms with van der Waals surface area (Å²) in [5.74, 6) is -1.80. The van der Waals surface area contributed by atoms with E-state index in [0.717, 1.165) is 9.56 Å². The topological polar surface area (TPSA) is 101 Å². The van der Waals surface area contributed by atoms with Crippen LogP contribution in [0.1, 0.15) is 11.6 Å². The van der Waals surface area contributed by atoms with Crippen LogP contribution in [0.2, 0.25) is 0 Å². The second-order valence-electron chi connectivity index (χ2n) is 5.44. The molecule has 1 unspecified atom stereocenters. The van der Waals surface area contributed by atoms with E-state index in [4.69, 9.17) is 0 Å². The molecule has 0 spiro atoms. The third-order valence-electron chi connectivity index (χ3n) is 3.62. The molecule has 2 heterocycles. The summed E-state index contributed by atoms with van der Waals surface area (Å²) in [5, 5.41) is 17.9. The number of carboxylic acid groups (broad SMARTS) is 1. The highest BCUT2D eigenvalue weighted by Crippen LogP contribution is 2.21. The Morgan fingerprint density at radius 3 is 2.54 bits per heavy atom. The number of carboxylic acids is 1. The zero-order valence-electron chi connectivity index (χ0n) is 13.5. The van der Waals surface area contributed by atoms with Gasteiger partial charge < -0.3 is 10.4 Å². The van der Waals surface area contributed by atoms with Gasteiger partial charge in [0.25, 0.3) is 5.56 Å². The standard InChI is InChI=1S/C18H15N3O4S/c22-15(19-17(18(24)25)12-5-2-1-3-6-12)11-21-16(23)9-8-13(20-21)14-7-4-10-26-14/h1-10,17H,11H2,(H,19,22)(H,24,25). The summed E-state index contributed by atoms with van der Waals surface area (Å²) in [6.07, 6.45) is 0. The van der Waals surface area contributed by atoms with E-state index in [0.29, 0.717) is 11.3 Å². The summed E-state index contributed by atoms with van der Waals surface area (Å²) in [7, 11) is 0. The van der Waals surface area contributed by atoms with E-state index in [-0.39, 0.29) is 6.54 Å². The Morgan fingerprint density at radius 1 is 1.12 bits per heavy atom. The largest absolute Gasteiger partial charge is 0.479 e. The van der Waals surface area contributed by atoms with Crippen molar-refractivity contribution in [3.63, 3.8) is 0 Å². The van der Waals surface area contributed by atoms with E-state index >= 15 is 0 Å². The normalized spacial score (nSPS) is 11.7. The molecular weight excluding hydrogens is 354 g/mol. The van der Waals surface area contributed by atoms with Gasteiger partial charge in [0.1, 0.15) is 12.2 Å². The minimum absolute atomic E-state index is 0.366. The van der Waals surface area contributed by atoms with E-state index in [1.54, 1.807) is 36.4 Å². The third kappa shape index (κ3) is 4.04. The SMILES string of the molecule is O=C(Cn1nc(-c2cccs2)ccc1=O)NC(C(=O)O)c1ccccc1. The highest BCUT2D eigenvalue weighted by molar-refractivity contribution is 7.13. The van der Waals surface area contributed by atoms with Gasteiger partial charge in [0.15, 0.2) is 6.04 Å². The van der Waals surface area contributed by atoms with Crippen molar-refractivity contribution < 1.29 is 14.7 Å². The van der Waals surface area contributed by atoms with Crippen molar-refractivity contribution in [1.29, 1.82) is 0 Å². The van der Waals surface area contributed by atoms with Crippen molar-refractivity contribution in [3.05, 3.63) is 75.9 Å². The monoisotopic (exact) mass is 369 g/mol. The zero-order chi connectivity index (χ0) is 18.5. The van der Waals surface area contributed by atoms with Crippen LogP contribution >= 0.6 is 11.3 Å². The number of aromatic nitrogens is 2. The number of nitrogens with one attached hydrogen (secondary N) is 1. The first kappa shape index (κ1) is 17.6. The van der Waals surface area contributed by atoms with Crippen molar-refractivity contribution in [3.8, 4) is 10.6 Å². The van der Waals surface area contributed by atoms with Gasteiger partial charge in [-0.15, -0.1) is 11.3 Å². The number of nitrogens with zero attached hydrogens (tertiary/aromatic N) is 2. The maximum absolute atomic E-state index is 12.3. The second kappa shape index (κ2) is 7.75. The van der Waals surface area contributed by atoms with Crippen molar-refractivity contribution in [2.24, 2.45) is 0 Å². The van der Waals surface area contributed by atoms with Crippen LogP contribution in [-0.4, -0.2) is 26.8 Å². The quantitative estimate of drug-likeness (QED) is 0.691. The molecule has 0 radical (unpaired) electrons. The van der Waals surface area contributed by atoms with E-state index in [2.05, 4.69) is 10.4 Å². The van der Waals surface area contributed by atoms with Crippen LogP contribution in [0.25, 0.3) is 10.6 Å². The first-order valence-electron chi connectivity index (χ1n) is 7.74. The Bertz CT molecular complexity index is 968. The lowest BCUT2D eigenvalue weighted by Crippen LogP contribution is -2.38. The minimum Gasteiger partial charge on any atom is -0.479 e. The lowest BCUT2D eigenvalue weighted by Gasteiger charge is -2.15. The van der Waals surface area contributed by atoms with Crippen molar-refractivity contribution >= 4 is 23.2 Å². The van der Waals surface area contributed by atoms with Gasteiger partial charge in [-0.2, -0.15) is 5.10 Å². The Kier molecular flexibility index (Phi) is 5.23. The number of aliphatic carboxylic acids is 1. The first-order valence-corrected chi connectivity index (χ1v) is 8.62. The fraction of sp³-hybridized carbons (Fsp3) is 0.111. The van der Waals surface area contributed by atoms with Crippen molar-refractivity contribution in [2.45, 2.75) is 12.6 Å². The van der Waals surface area contributed by atoms with Gasteiger partial charge in [0.2, 0.25) is 5.91 Å². The van der Waals surface area contributed by atoms with Gasteiger partial charge in [-0.25, -0.2) is 9.48 Å². The van der Waals surface area contributed by atoms with E-state index in [1.807, 2.05) is 17.5 Å². The fourth-order valence-electron chi connectivity index (χ4n) is 2.39. The molecular formula is C18H15N3O4S. The van der Waals surface area contributed by atoms with Gasteiger partial charge in [-0.3, -0.25) is 9.59 Å². The predicted octanol–water partition coefficient (Wildman–Crippen LogP) is 1.91. The Morgan fingerprint density at radius 2 is 1.88 bits per heavy atom. The fourth-order valence-corrected chi connectivity index (χ4v) is 3.08. The van der Waals surface area contributed by atoms with E-state index in [1.165, 1.54) is 17.4 Å². The number of hydrogen-bond donors (Lipinski definition) is 2. The van der Waals surface area contributed by atoms with Gasteiger partial charge in [0, 0.05) is 6.07 Å². The number of benzene rings is 1. The minimum atomic E-state index is -1.19. The van der Waals surface area contributed by atoms with E-state index in [9.17, 15) is 19.5 Å². The number of thiophene rings is 1. The summed E-state index contributed by atoms with van der Waals surface area (Å²) in [6, 6.07) is 13.8. The van der Waals surface area contributed by atoms with Crippen LogP contribution in [0.5, 0.6) is 0 Å². The van der Waals surface area contributed by atoms with Gasteiger partial charge in [0.05, 0.1) is 4.88 Å². The molecule has 0 saturated carbocycles. The molecule has 0 bridgehead atoms. The maximum Gasteiger partial charge on any atom is 0.330 e. The Balaban J connectivity index is 1.78. The van der Waals surface area contributed by atoms with Crippen LogP contribution in [0.3, 0.4) is 0 Å². The molecule has 8 heteroatoms. The van der Waals surface area contributed by atoms with Gasteiger partial charge in [-0.05, 0) is 23.1 Å². The molecule has 1 atom stereocenters. The van der Waals surface area contributed by atoms with Crippen LogP contribution in [0.15, 0.2) is 64.8 Å². The van der Waals surface area contributed by atoms with Crippen LogP contribution in [0.4, 0.5) is 0 Å². The lowest BCUT2D eigenvalue weighted by atomic mass is 10.1. The highest BCUT2D eigenvalue weighted by atomic mass is 32.1. The lowest BCUT2D eigenvalue weighted by molar-refractivity contribution is -0.142. The molecule has 1 amide bonds. The predicted molar refractivity (Wildman–Crippen MR) is 96.8 cm³/mol. The molecule has 2 aromatic heterocycles. The summed E-state index contributed by atoms with van der Waals surface area (Å²) < 4.78 is 1.02. The number of amides is 1. The molecule has 7 nitrogen and oxygen atoms in total. The summed E-state index contributed by atoms with van der Waals surface area (Å²) in [5.41, 5.74) is 0.582. The summed E-state index contributed by atoms with van der Waals surface area (Å²) in [6.45, 7) is -0.366. The molecule has 0 fully saturated rings. The van der Waals surface area contributed by atoms with Gasteiger partial charge >= 0.3 is 5.97 Å². The number of carbonyl (C=O) groups is 2. The maximum atomic E-state index is 12.3. The number of carbonyl (C=O) groups excluding carboxylic acids is 1. The second-order valence-corrected chi connectivity index (χ2v) is 6.39. The van der Waals surface area contributed by atoms with Crippen molar-refractivity contribution in [1.82, 2.24) is 15.1 Å². The third-order valence-corrected chi connectivity index (χ3v) is 4.51. The van der Waals surface area contributed by atoms with Gasteiger partial charge in [-0.1, -0.05) is 36.4 Å². The first-order chi connectivity index (χ1) is 12.5. The molecule has 0 aliphatic heterocycles. The molecule has 2 N–H and O–H groups in total. The van der Waals surface area contributed by atoms with Crippen LogP contribution < -0.4 is 10.9 Å².